The van der Waals surface area contributed by atoms with E-state index in [1.54, 1.807) is 0 Å². The summed E-state index contributed by atoms with van der Waals surface area (Å²) in [5.74, 6) is 1.60. The Hall–Kier alpha value is -1.90. The van der Waals surface area contributed by atoms with Gasteiger partial charge in [-0.3, -0.25) is 4.57 Å². The molecule has 0 aliphatic rings. The van der Waals surface area contributed by atoms with E-state index in [0.29, 0.717) is 13.2 Å². The molecular weight excluding hydrogens is 479 g/mol. The molecular formula is C23H27IN2O3. The Labute approximate surface area is 186 Å². The molecule has 0 aliphatic carbocycles. The summed E-state index contributed by atoms with van der Waals surface area (Å²) < 4.78 is 20.5. The van der Waals surface area contributed by atoms with Crippen LogP contribution in [-0.2, 0) is 9.47 Å². The standard InChI is InChI=1S/C23H27IN2O3/c1-5-27-16(3)26-22(24)21(18-11-8-7-9-12-18)25-23(26)19-13-10-14-20(15-19)29-17(4)28-6-2/h7-17H,5-6H2,1-4H3. The fraction of sp³-hybridized carbons (Fsp3) is 0.348. The van der Waals surface area contributed by atoms with E-state index in [4.69, 9.17) is 19.2 Å². The van der Waals surface area contributed by atoms with Crippen molar-refractivity contribution in [1.29, 1.82) is 0 Å². The average Bonchev–Trinajstić information content (AvgIpc) is 3.06. The minimum Gasteiger partial charge on any atom is -0.465 e. The van der Waals surface area contributed by atoms with E-state index in [0.717, 1.165) is 32.1 Å². The van der Waals surface area contributed by atoms with Crippen molar-refractivity contribution in [3.05, 3.63) is 58.3 Å². The molecule has 2 unspecified atom stereocenters. The zero-order valence-electron chi connectivity index (χ0n) is 17.3. The highest BCUT2D eigenvalue weighted by atomic mass is 127. The van der Waals surface area contributed by atoms with Crippen molar-refractivity contribution in [2.45, 2.75) is 40.2 Å². The summed E-state index contributed by atoms with van der Waals surface area (Å²) >= 11 is 2.36. The predicted octanol–water partition coefficient (Wildman–Crippen LogP) is 6.14. The second kappa shape index (κ2) is 10.2. The largest absolute Gasteiger partial charge is 0.465 e. The smallest absolute Gasteiger partial charge is 0.196 e. The molecule has 6 heteroatoms. The number of hydrogen-bond donors (Lipinski definition) is 0. The first-order valence-corrected chi connectivity index (χ1v) is 11.0. The van der Waals surface area contributed by atoms with Crippen LogP contribution >= 0.6 is 22.6 Å². The normalized spacial score (nSPS) is 13.3. The Morgan fingerprint density at radius 1 is 0.931 bits per heavy atom. The Bertz CT molecular complexity index is 927. The van der Waals surface area contributed by atoms with E-state index in [1.165, 1.54) is 0 Å². The first-order chi connectivity index (χ1) is 14.0. The molecule has 2 aromatic carbocycles. The minimum absolute atomic E-state index is 0.140. The molecule has 0 saturated carbocycles. The number of rotatable bonds is 9. The summed E-state index contributed by atoms with van der Waals surface area (Å²) in [5.41, 5.74) is 3.00. The molecule has 0 bridgehead atoms. The van der Waals surface area contributed by atoms with Crippen LogP contribution in [0, 0.1) is 3.70 Å². The lowest BCUT2D eigenvalue weighted by Gasteiger charge is -2.18. The third-order valence-corrected chi connectivity index (χ3v) is 5.50. The molecule has 29 heavy (non-hydrogen) atoms. The van der Waals surface area contributed by atoms with E-state index in [9.17, 15) is 0 Å². The summed E-state index contributed by atoms with van der Waals surface area (Å²) in [5, 5.41) is 0. The van der Waals surface area contributed by atoms with E-state index in [2.05, 4.69) is 39.3 Å². The predicted molar refractivity (Wildman–Crippen MR) is 124 cm³/mol. The molecule has 0 saturated heterocycles. The van der Waals surface area contributed by atoms with Crippen LogP contribution < -0.4 is 4.74 Å². The van der Waals surface area contributed by atoms with Gasteiger partial charge in [-0.15, -0.1) is 0 Å². The van der Waals surface area contributed by atoms with Crippen LogP contribution in [0.3, 0.4) is 0 Å². The van der Waals surface area contributed by atoms with Crippen molar-refractivity contribution in [1.82, 2.24) is 9.55 Å². The van der Waals surface area contributed by atoms with E-state index < -0.39 is 0 Å². The number of imidazole rings is 1. The Morgan fingerprint density at radius 3 is 2.31 bits per heavy atom. The number of benzene rings is 2. The summed E-state index contributed by atoms with van der Waals surface area (Å²) in [4.78, 5) is 5.00. The maximum atomic E-state index is 5.91. The summed E-state index contributed by atoms with van der Waals surface area (Å²) in [6.45, 7) is 9.13. The van der Waals surface area contributed by atoms with Gasteiger partial charge in [-0.05, 0) is 62.4 Å². The number of aromatic nitrogens is 2. The minimum atomic E-state index is -0.308. The molecule has 154 valence electrons. The highest BCUT2D eigenvalue weighted by molar-refractivity contribution is 14.1. The van der Waals surface area contributed by atoms with Gasteiger partial charge in [-0.2, -0.15) is 0 Å². The molecule has 0 amide bonds. The van der Waals surface area contributed by atoms with Gasteiger partial charge in [0, 0.05) is 24.3 Å². The summed E-state index contributed by atoms with van der Waals surface area (Å²) in [7, 11) is 0. The van der Waals surface area contributed by atoms with Crippen molar-refractivity contribution < 1.29 is 14.2 Å². The van der Waals surface area contributed by atoms with Crippen molar-refractivity contribution in [2.75, 3.05) is 13.2 Å². The van der Waals surface area contributed by atoms with Crippen LogP contribution in [0.4, 0.5) is 0 Å². The van der Waals surface area contributed by atoms with Gasteiger partial charge in [0.05, 0.1) is 0 Å². The molecule has 1 aromatic heterocycles. The maximum Gasteiger partial charge on any atom is 0.196 e. The van der Waals surface area contributed by atoms with Crippen molar-refractivity contribution in [2.24, 2.45) is 0 Å². The third-order valence-electron chi connectivity index (χ3n) is 4.47. The van der Waals surface area contributed by atoms with Crippen molar-refractivity contribution >= 4 is 22.6 Å². The van der Waals surface area contributed by atoms with Gasteiger partial charge in [0.2, 0.25) is 0 Å². The highest BCUT2D eigenvalue weighted by Crippen LogP contribution is 2.34. The summed E-state index contributed by atoms with van der Waals surface area (Å²) in [6.07, 6.45) is -0.448. The molecule has 0 aliphatic heterocycles. The maximum absolute atomic E-state index is 5.91. The first kappa shape index (κ1) is 21.8. The molecule has 0 radical (unpaired) electrons. The van der Waals surface area contributed by atoms with Gasteiger partial charge in [-0.1, -0.05) is 42.5 Å². The molecule has 1 heterocycles. The van der Waals surface area contributed by atoms with Gasteiger partial charge in [0.15, 0.2) is 6.29 Å². The van der Waals surface area contributed by atoms with Gasteiger partial charge < -0.3 is 14.2 Å². The molecule has 0 fully saturated rings. The molecule has 3 aromatic rings. The molecule has 3 rings (SSSR count). The van der Waals surface area contributed by atoms with Gasteiger partial charge in [0.25, 0.3) is 0 Å². The lowest BCUT2D eigenvalue weighted by Crippen LogP contribution is -2.16. The second-order valence-corrected chi connectivity index (χ2v) is 7.56. The van der Waals surface area contributed by atoms with E-state index in [1.807, 2.05) is 70.2 Å². The lowest BCUT2D eigenvalue weighted by atomic mass is 10.2. The number of nitrogens with zero attached hydrogens (tertiary/aromatic N) is 2. The highest BCUT2D eigenvalue weighted by Gasteiger charge is 2.22. The molecule has 5 nitrogen and oxygen atoms in total. The van der Waals surface area contributed by atoms with Crippen LogP contribution in [0.1, 0.15) is 33.9 Å². The number of ether oxygens (including phenoxy) is 3. The van der Waals surface area contributed by atoms with Crippen LogP contribution in [0.25, 0.3) is 22.6 Å². The van der Waals surface area contributed by atoms with Crippen LogP contribution in [-0.4, -0.2) is 29.1 Å². The SMILES string of the molecule is CCOC(C)Oc1cccc(-c2nc(-c3ccccc3)c(I)n2C(C)OCC)c1. The molecule has 0 spiro atoms. The van der Waals surface area contributed by atoms with Crippen LogP contribution in [0.2, 0.25) is 0 Å². The van der Waals surface area contributed by atoms with Gasteiger partial charge in [-0.25, -0.2) is 4.98 Å². The fourth-order valence-electron chi connectivity index (χ4n) is 3.21. The van der Waals surface area contributed by atoms with Crippen molar-refractivity contribution in [3.8, 4) is 28.4 Å². The number of hydrogen-bond acceptors (Lipinski definition) is 4. The Morgan fingerprint density at radius 2 is 1.62 bits per heavy atom. The second-order valence-electron chi connectivity index (χ2n) is 6.53. The van der Waals surface area contributed by atoms with Gasteiger partial charge >= 0.3 is 0 Å². The monoisotopic (exact) mass is 506 g/mol. The summed E-state index contributed by atoms with van der Waals surface area (Å²) in [6, 6.07) is 18.2. The van der Waals surface area contributed by atoms with Crippen molar-refractivity contribution in [3.63, 3.8) is 0 Å². The fourth-order valence-corrected chi connectivity index (χ4v) is 4.27. The van der Waals surface area contributed by atoms with E-state index in [-0.39, 0.29) is 12.5 Å². The quantitative estimate of drug-likeness (QED) is 0.259. The zero-order chi connectivity index (χ0) is 20.8. The number of halogens is 1. The van der Waals surface area contributed by atoms with Crippen LogP contribution in [0.5, 0.6) is 5.75 Å². The zero-order valence-corrected chi connectivity index (χ0v) is 19.4. The van der Waals surface area contributed by atoms with Gasteiger partial charge in [0.1, 0.15) is 27.2 Å². The Balaban J connectivity index is 2.06. The average molecular weight is 506 g/mol. The Kier molecular flexibility index (Phi) is 7.69. The topological polar surface area (TPSA) is 45.5 Å². The van der Waals surface area contributed by atoms with E-state index >= 15 is 0 Å². The third kappa shape index (κ3) is 5.18. The van der Waals surface area contributed by atoms with Crippen LogP contribution in [0.15, 0.2) is 54.6 Å². The molecule has 0 N–H and O–H groups in total. The lowest BCUT2D eigenvalue weighted by molar-refractivity contribution is -0.0613. The molecule has 2 atom stereocenters. The first-order valence-electron chi connectivity index (χ1n) is 9.88.